The van der Waals surface area contributed by atoms with Gasteiger partial charge in [0, 0.05) is 17.5 Å². The lowest BCUT2D eigenvalue weighted by Gasteiger charge is -2.08. The average molecular weight is 369 g/mol. The summed E-state index contributed by atoms with van der Waals surface area (Å²) in [5, 5.41) is 5.40. The zero-order chi connectivity index (χ0) is 18.7. The van der Waals surface area contributed by atoms with Crippen LogP contribution in [-0.4, -0.2) is 22.0 Å². The van der Waals surface area contributed by atoms with E-state index in [2.05, 4.69) is 23.3 Å². The number of carbonyl (C=O) groups excluding carboxylic acids is 1. The molecule has 0 atom stereocenters. The van der Waals surface area contributed by atoms with Gasteiger partial charge < -0.3 is 5.32 Å². The van der Waals surface area contributed by atoms with Gasteiger partial charge in [-0.2, -0.15) is 0 Å². The number of benzene rings is 1. The van der Waals surface area contributed by atoms with Gasteiger partial charge >= 0.3 is 0 Å². The summed E-state index contributed by atoms with van der Waals surface area (Å²) in [6, 6.07) is 6.19. The molecule has 26 heavy (non-hydrogen) atoms. The van der Waals surface area contributed by atoms with Crippen molar-refractivity contribution >= 4 is 27.5 Å². The summed E-state index contributed by atoms with van der Waals surface area (Å²) in [5.74, 6) is -0.162. The predicted molar refractivity (Wildman–Crippen MR) is 107 cm³/mol. The number of fused-ring (bicyclic) bond motifs is 1. The first-order chi connectivity index (χ1) is 12.5. The smallest absolute Gasteiger partial charge is 0.263 e. The van der Waals surface area contributed by atoms with Crippen molar-refractivity contribution in [2.75, 3.05) is 6.54 Å². The minimum absolute atomic E-state index is 0.00630. The third kappa shape index (κ3) is 3.70. The molecular formula is C20H23N3O2S. The van der Waals surface area contributed by atoms with Crippen LogP contribution in [0.15, 0.2) is 34.7 Å². The Morgan fingerprint density at radius 3 is 2.81 bits per heavy atom. The fraction of sp³-hybridized carbons (Fsp3) is 0.350. The highest BCUT2D eigenvalue weighted by molar-refractivity contribution is 7.17. The second-order valence-electron chi connectivity index (χ2n) is 6.53. The number of carbonyl (C=O) groups is 1. The van der Waals surface area contributed by atoms with E-state index in [4.69, 9.17) is 0 Å². The van der Waals surface area contributed by atoms with Crippen LogP contribution in [-0.2, 0) is 11.3 Å². The maximum absolute atomic E-state index is 13.0. The van der Waals surface area contributed by atoms with Crippen molar-refractivity contribution in [3.05, 3.63) is 51.4 Å². The van der Waals surface area contributed by atoms with Gasteiger partial charge in [0.2, 0.25) is 5.91 Å². The van der Waals surface area contributed by atoms with Crippen LogP contribution in [0.3, 0.4) is 0 Å². The Balaban J connectivity index is 1.98. The highest BCUT2D eigenvalue weighted by atomic mass is 32.1. The number of nitrogens with zero attached hydrogens (tertiary/aromatic N) is 2. The maximum atomic E-state index is 13.0. The zero-order valence-corrected chi connectivity index (χ0v) is 16.2. The van der Waals surface area contributed by atoms with Crippen molar-refractivity contribution in [3.8, 4) is 11.1 Å². The van der Waals surface area contributed by atoms with Crippen LogP contribution in [0.4, 0.5) is 0 Å². The number of hydrogen-bond acceptors (Lipinski definition) is 4. The molecule has 3 aromatic rings. The van der Waals surface area contributed by atoms with E-state index in [1.54, 1.807) is 0 Å². The van der Waals surface area contributed by atoms with Crippen molar-refractivity contribution in [2.24, 2.45) is 0 Å². The molecule has 136 valence electrons. The Bertz CT molecular complexity index is 1000. The molecule has 3 rings (SSSR count). The van der Waals surface area contributed by atoms with Gasteiger partial charge in [-0.3, -0.25) is 14.2 Å². The van der Waals surface area contributed by atoms with Crippen LogP contribution in [0.1, 0.15) is 30.9 Å². The van der Waals surface area contributed by atoms with E-state index in [-0.39, 0.29) is 18.0 Å². The number of hydrogen-bond donors (Lipinski definition) is 1. The summed E-state index contributed by atoms with van der Waals surface area (Å²) in [4.78, 5) is 30.1. The molecular weight excluding hydrogens is 346 g/mol. The topological polar surface area (TPSA) is 64.0 Å². The van der Waals surface area contributed by atoms with E-state index in [1.165, 1.54) is 27.8 Å². The minimum atomic E-state index is -0.170. The highest BCUT2D eigenvalue weighted by Gasteiger charge is 2.15. The van der Waals surface area contributed by atoms with Gasteiger partial charge in [-0.1, -0.05) is 37.1 Å². The standard InChI is InChI=1S/C20H23N3O2S/c1-4-5-8-21-17(24)10-23-12-22-19-18(20(23)25)16(11-26-19)15-7-6-13(2)9-14(15)3/h6-7,9,11-12H,4-5,8,10H2,1-3H3,(H,21,24). The highest BCUT2D eigenvalue weighted by Crippen LogP contribution is 2.32. The normalized spacial score (nSPS) is 11.0. The molecule has 0 saturated carbocycles. The van der Waals surface area contributed by atoms with Crippen molar-refractivity contribution < 1.29 is 4.79 Å². The zero-order valence-electron chi connectivity index (χ0n) is 15.3. The lowest BCUT2D eigenvalue weighted by Crippen LogP contribution is -2.32. The molecule has 0 fully saturated rings. The Hall–Kier alpha value is -2.47. The Morgan fingerprint density at radius 2 is 2.08 bits per heavy atom. The quantitative estimate of drug-likeness (QED) is 0.675. The molecule has 0 unspecified atom stereocenters. The number of aryl methyl sites for hydroxylation is 2. The van der Waals surface area contributed by atoms with Gasteiger partial charge in [0.25, 0.3) is 5.56 Å². The second kappa shape index (κ2) is 7.83. The number of aromatic nitrogens is 2. The van der Waals surface area contributed by atoms with Crippen molar-refractivity contribution in [1.29, 1.82) is 0 Å². The summed E-state index contributed by atoms with van der Waals surface area (Å²) >= 11 is 1.46. The molecule has 0 aliphatic carbocycles. The molecule has 1 aromatic carbocycles. The largest absolute Gasteiger partial charge is 0.355 e. The van der Waals surface area contributed by atoms with Gasteiger partial charge in [0.05, 0.1) is 11.7 Å². The monoisotopic (exact) mass is 369 g/mol. The van der Waals surface area contributed by atoms with Crippen LogP contribution >= 0.6 is 11.3 Å². The second-order valence-corrected chi connectivity index (χ2v) is 7.39. The number of nitrogens with one attached hydrogen (secondary N) is 1. The lowest BCUT2D eigenvalue weighted by atomic mass is 9.99. The Kier molecular flexibility index (Phi) is 5.52. The Labute approximate surface area is 156 Å². The first-order valence-electron chi connectivity index (χ1n) is 8.82. The molecule has 2 aromatic heterocycles. The van der Waals surface area contributed by atoms with E-state index < -0.39 is 0 Å². The molecule has 0 aliphatic rings. The van der Waals surface area contributed by atoms with E-state index in [0.29, 0.717) is 16.8 Å². The number of rotatable bonds is 6. The third-order valence-corrected chi connectivity index (χ3v) is 5.29. The van der Waals surface area contributed by atoms with Gasteiger partial charge in [-0.05, 0) is 31.4 Å². The van der Waals surface area contributed by atoms with Crippen molar-refractivity contribution in [1.82, 2.24) is 14.9 Å². The van der Waals surface area contributed by atoms with Gasteiger partial charge in [-0.25, -0.2) is 4.98 Å². The average Bonchev–Trinajstić information content (AvgIpc) is 3.02. The van der Waals surface area contributed by atoms with Crippen LogP contribution < -0.4 is 10.9 Å². The van der Waals surface area contributed by atoms with Crippen molar-refractivity contribution in [2.45, 2.75) is 40.2 Å². The van der Waals surface area contributed by atoms with Crippen LogP contribution in [0.2, 0.25) is 0 Å². The first-order valence-corrected chi connectivity index (χ1v) is 9.70. The van der Waals surface area contributed by atoms with Crippen LogP contribution in [0, 0.1) is 13.8 Å². The summed E-state index contributed by atoms with van der Waals surface area (Å²) in [7, 11) is 0. The van der Waals surface area contributed by atoms with Gasteiger partial charge in [0.15, 0.2) is 0 Å². The molecule has 1 amide bonds. The SMILES string of the molecule is CCCCNC(=O)Cn1cnc2scc(-c3ccc(C)cc3C)c2c1=O. The summed E-state index contributed by atoms with van der Waals surface area (Å²) in [5.41, 5.74) is 4.06. The van der Waals surface area contributed by atoms with Crippen LogP contribution in [0.25, 0.3) is 21.3 Å². The molecule has 0 aliphatic heterocycles. The molecule has 2 heterocycles. The van der Waals surface area contributed by atoms with Gasteiger partial charge in [-0.15, -0.1) is 11.3 Å². The fourth-order valence-electron chi connectivity index (χ4n) is 3.01. The van der Waals surface area contributed by atoms with Gasteiger partial charge in [0.1, 0.15) is 11.4 Å². The van der Waals surface area contributed by atoms with E-state index in [0.717, 1.165) is 29.5 Å². The van der Waals surface area contributed by atoms with Crippen molar-refractivity contribution in [3.63, 3.8) is 0 Å². The van der Waals surface area contributed by atoms with E-state index >= 15 is 0 Å². The first kappa shape index (κ1) is 18.3. The molecule has 6 heteroatoms. The number of amides is 1. The Morgan fingerprint density at radius 1 is 1.27 bits per heavy atom. The summed E-state index contributed by atoms with van der Waals surface area (Å²) in [6.45, 7) is 6.79. The molecule has 0 radical (unpaired) electrons. The van der Waals surface area contributed by atoms with E-state index in [9.17, 15) is 9.59 Å². The summed E-state index contributed by atoms with van der Waals surface area (Å²) in [6.07, 6.45) is 3.41. The summed E-state index contributed by atoms with van der Waals surface area (Å²) < 4.78 is 1.39. The lowest BCUT2D eigenvalue weighted by molar-refractivity contribution is -0.121. The molecule has 0 saturated heterocycles. The third-order valence-electron chi connectivity index (χ3n) is 4.40. The predicted octanol–water partition coefficient (Wildman–Crippen LogP) is 3.66. The van der Waals surface area contributed by atoms with Crippen LogP contribution in [0.5, 0.6) is 0 Å². The molecule has 5 nitrogen and oxygen atoms in total. The maximum Gasteiger partial charge on any atom is 0.263 e. The molecule has 1 N–H and O–H groups in total. The molecule has 0 bridgehead atoms. The number of thiophene rings is 1. The molecule has 0 spiro atoms. The fourth-order valence-corrected chi connectivity index (χ4v) is 3.91. The minimum Gasteiger partial charge on any atom is -0.355 e. The number of unbranched alkanes of at least 4 members (excludes halogenated alkanes) is 1. The van der Waals surface area contributed by atoms with E-state index in [1.807, 2.05) is 31.4 Å².